The first-order valence-electron chi connectivity index (χ1n) is 15.4. The Kier molecular flexibility index (Phi) is 15.7. The van der Waals surface area contributed by atoms with Gasteiger partial charge in [-0.15, -0.1) is 0 Å². The van der Waals surface area contributed by atoms with E-state index in [1.165, 1.54) is 44.1 Å². The summed E-state index contributed by atoms with van der Waals surface area (Å²) in [6, 6.07) is 12.1. The zero-order valence-corrected chi connectivity index (χ0v) is 27.7. The van der Waals surface area contributed by atoms with Gasteiger partial charge >= 0.3 is 0 Å². The number of para-hydroxylation sites is 1. The van der Waals surface area contributed by atoms with E-state index in [2.05, 4.69) is 30.7 Å². The van der Waals surface area contributed by atoms with Gasteiger partial charge < -0.3 is 4.90 Å². The minimum atomic E-state index is 0.157. The first-order valence-corrected chi connectivity index (χ1v) is 15.4. The van der Waals surface area contributed by atoms with Crippen molar-refractivity contribution in [1.82, 2.24) is 9.97 Å². The highest BCUT2D eigenvalue weighted by Gasteiger charge is 2.19. The average Bonchev–Trinajstić information content (AvgIpc) is 2.90. The fourth-order valence-electron chi connectivity index (χ4n) is 5.55. The number of ketones is 1. The molecule has 4 nitrogen and oxygen atoms in total. The second kappa shape index (κ2) is 17.8. The molecule has 4 rings (SSSR count). The highest BCUT2D eigenvalue weighted by Crippen LogP contribution is 2.32. The summed E-state index contributed by atoms with van der Waals surface area (Å²) in [4.78, 5) is 22.0. The van der Waals surface area contributed by atoms with Crippen LogP contribution in [0.15, 0.2) is 36.4 Å². The van der Waals surface area contributed by atoms with Crippen molar-refractivity contribution in [3.8, 4) is 0 Å². The lowest BCUT2D eigenvalue weighted by Gasteiger charge is -2.27. The summed E-state index contributed by atoms with van der Waals surface area (Å²) in [6.45, 7) is 20.7. The summed E-state index contributed by atoms with van der Waals surface area (Å²) in [5.74, 6) is 4.99. The second-order valence-corrected chi connectivity index (χ2v) is 11.7. The third kappa shape index (κ3) is 11.4. The van der Waals surface area contributed by atoms with Crippen molar-refractivity contribution in [2.75, 3.05) is 19.0 Å². The van der Waals surface area contributed by atoms with Gasteiger partial charge in [-0.3, -0.25) is 4.79 Å². The lowest BCUT2D eigenvalue weighted by atomic mass is 9.79. The Morgan fingerprint density at radius 3 is 2.00 bits per heavy atom. The number of hydrogen-bond donors (Lipinski definition) is 0. The van der Waals surface area contributed by atoms with Crippen LogP contribution in [0.25, 0.3) is 10.9 Å². The average molecular weight is 548 g/mol. The molecule has 1 heterocycles. The van der Waals surface area contributed by atoms with Gasteiger partial charge in [0, 0.05) is 25.0 Å². The molecule has 4 heteroatoms. The highest BCUT2D eigenvalue weighted by atomic mass is 16.1. The number of aryl methyl sites for hydroxylation is 4. The number of benzene rings is 2. The summed E-state index contributed by atoms with van der Waals surface area (Å²) in [5.41, 5.74) is 5.26. The number of nitrogens with zero attached hydrogens (tertiary/aromatic N) is 3. The molecule has 1 unspecified atom stereocenters. The van der Waals surface area contributed by atoms with Crippen LogP contribution < -0.4 is 4.90 Å². The molecule has 0 spiro atoms. The van der Waals surface area contributed by atoms with Crippen molar-refractivity contribution in [1.29, 1.82) is 0 Å². The van der Waals surface area contributed by atoms with Crippen LogP contribution in [0, 0.1) is 45.4 Å². The zero-order chi connectivity index (χ0) is 30.4. The normalized spacial score (nSPS) is 16.8. The van der Waals surface area contributed by atoms with E-state index >= 15 is 0 Å². The number of carbonyl (C=O) groups excluding carboxylic acids is 1. The molecule has 222 valence electrons. The standard InChI is InChI=1S/C12H24.C11H13N3.C11H14O.C2H6/c1-4-10(2)9-12-7-5-11(3)6-8-12;1-8-12-10-7-5-4-6-9(10)11(13-8)14(2)3;1-7-5-8(2)11(10(4)12)9(3)6-7;1-2/h10-12H,4-9H2,1-3H3;4-7H,1-3H3;5-6H,1-4H3;1-2H3. The van der Waals surface area contributed by atoms with Crippen molar-refractivity contribution in [2.45, 2.75) is 108 Å². The Balaban J connectivity index is 0.000000292. The van der Waals surface area contributed by atoms with Crippen molar-refractivity contribution >= 4 is 22.5 Å². The van der Waals surface area contributed by atoms with Crippen LogP contribution in [-0.2, 0) is 0 Å². The molecule has 2 aromatic carbocycles. The van der Waals surface area contributed by atoms with Gasteiger partial charge in [-0.1, -0.05) is 96.6 Å². The topological polar surface area (TPSA) is 46.1 Å². The van der Waals surface area contributed by atoms with E-state index in [-0.39, 0.29) is 5.78 Å². The second-order valence-electron chi connectivity index (χ2n) is 11.7. The number of anilines is 1. The predicted octanol–water partition coefficient (Wildman–Crippen LogP) is 10.1. The first-order chi connectivity index (χ1) is 18.9. The van der Waals surface area contributed by atoms with Crippen LogP contribution in [0.2, 0.25) is 0 Å². The van der Waals surface area contributed by atoms with Crippen molar-refractivity contribution in [3.63, 3.8) is 0 Å². The molecule has 3 aromatic rings. The monoisotopic (exact) mass is 547 g/mol. The molecule has 0 aliphatic heterocycles. The Labute approximate surface area is 246 Å². The van der Waals surface area contributed by atoms with Gasteiger partial charge in [0.25, 0.3) is 0 Å². The number of hydrogen-bond acceptors (Lipinski definition) is 4. The lowest BCUT2D eigenvalue weighted by Crippen LogP contribution is -2.14. The smallest absolute Gasteiger partial charge is 0.160 e. The molecule has 0 amide bonds. The number of fused-ring (bicyclic) bond motifs is 1. The molecule has 1 aromatic heterocycles. The van der Waals surface area contributed by atoms with Crippen LogP contribution in [-0.4, -0.2) is 29.8 Å². The minimum Gasteiger partial charge on any atom is -0.362 e. The van der Waals surface area contributed by atoms with E-state index in [4.69, 9.17) is 0 Å². The molecule has 0 saturated heterocycles. The van der Waals surface area contributed by atoms with Gasteiger partial charge in [-0.05, 0) is 82.1 Å². The Bertz CT molecular complexity index is 1150. The quantitative estimate of drug-likeness (QED) is 0.298. The van der Waals surface area contributed by atoms with Crippen LogP contribution in [0.1, 0.15) is 113 Å². The molecular formula is C36H57N3O. The maximum absolute atomic E-state index is 11.2. The fraction of sp³-hybridized carbons (Fsp3) is 0.583. The van der Waals surface area contributed by atoms with E-state index in [9.17, 15) is 4.79 Å². The van der Waals surface area contributed by atoms with Gasteiger partial charge in [0.05, 0.1) is 5.52 Å². The molecule has 40 heavy (non-hydrogen) atoms. The molecule has 1 aliphatic rings. The van der Waals surface area contributed by atoms with Gasteiger partial charge in [0.2, 0.25) is 0 Å². The zero-order valence-electron chi connectivity index (χ0n) is 27.7. The lowest BCUT2D eigenvalue weighted by molar-refractivity contribution is 0.101. The van der Waals surface area contributed by atoms with Gasteiger partial charge in [-0.2, -0.15) is 0 Å². The maximum atomic E-state index is 11.2. The van der Waals surface area contributed by atoms with E-state index in [0.717, 1.165) is 57.0 Å². The summed E-state index contributed by atoms with van der Waals surface area (Å²) >= 11 is 0. The number of rotatable bonds is 5. The SMILES string of the molecule is CC.CC(=O)c1c(C)cc(C)cc1C.CCC(C)CC1CCC(C)CC1.Cc1nc(N(C)C)c2ccccc2n1. The van der Waals surface area contributed by atoms with E-state index in [1.54, 1.807) is 6.92 Å². The van der Waals surface area contributed by atoms with Crippen LogP contribution in [0.3, 0.4) is 0 Å². The maximum Gasteiger partial charge on any atom is 0.160 e. The largest absolute Gasteiger partial charge is 0.362 e. The third-order valence-corrected chi connectivity index (χ3v) is 7.72. The van der Waals surface area contributed by atoms with Gasteiger partial charge in [0.15, 0.2) is 5.78 Å². The first kappa shape index (κ1) is 35.3. The van der Waals surface area contributed by atoms with Crippen molar-refractivity contribution in [3.05, 3.63) is 64.5 Å². The van der Waals surface area contributed by atoms with E-state index < -0.39 is 0 Å². The molecule has 1 fully saturated rings. The Hall–Kier alpha value is -2.75. The molecular weight excluding hydrogens is 490 g/mol. The Morgan fingerprint density at radius 1 is 0.950 bits per heavy atom. The summed E-state index contributed by atoms with van der Waals surface area (Å²) < 4.78 is 0. The predicted molar refractivity (Wildman–Crippen MR) is 176 cm³/mol. The molecule has 1 saturated carbocycles. The molecule has 0 radical (unpaired) electrons. The van der Waals surface area contributed by atoms with Crippen molar-refractivity contribution < 1.29 is 4.79 Å². The molecule has 1 atom stereocenters. The van der Waals surface area contributed by atoms with Crippen LogP contribution in [0.5, 0.6) is 0 Å². The molecule has 0 N–H and O–H groups in total. The Morgan fingerprint density at radius 2 is 1.50 bits per heavy atom. The number of carbonyl (C=O) groups is 1. The summed E-state index contributed by atoms with van der Waals surface area (Å²) in [5, 5.41) is 1.10. The third-order valence-electron chi connectivity index (χ3n) is 7.72. The highest BCUT2D eigenvalue weighted by molar-refractivity contribution is 5.97. The van der Waals surface area contributed by atoms with E-state index in [0.29, 0.717) is 0 Å². The van der Waals surface area contributed by atoms with Crippen LogP contribution in [0.4, 0.5) is 5.82 Å². The van der Waals surface area contributed by atoms with Gasteiger partial charge in [0.1, 0.15) is 11.6 Å². The van der Waals surface area contributed by atoms with Gasteiger partial charge in [-0.25, -0.2) is 9.97 Å². The minimum absolute atomic E-state index is 0.157. The van der Waals surface area contributed by atoms with E-state index in [1.807, 2.05) is 96.9 Å². The number of Topliss-reactive ketones (excluding diaryl/α,β-unsaturated/α-hetero) is 1. The number of aromatic nitrogens is 2. The molecule has 1 aliphatic carbocycles. The summed E-state index contributed by atoms with van der Waals surface area (Å²) in [7, 11) is 3.99. The van der Waals surface area contributed by atoms with Crippen molar-refractivity contribution in [2.24, 2.45) is 17.8 Å². The summed E-state index contributed by atoms with van der Waals surface area (Å²) in [6.07, 6.45) is 8.84. The fourth-order valence-corrected chi connectivity index (χ4v) is 5.55. The van der Waals surface area contributed by atoms with Crippen LogP contribution >= 0.6 is 0 Å². The molecule has 0 bridgehead atoms.